The molecule has 5 unspecified atom stereocenters. The second-order valence-electron chi connectivity index (χ2n) is 7.54. The second-order valence-corrected chi connectivity index (χ2v) is 7.54. The van der Waals surface area contributed by atoms with Crippen LogP contribution in [0.3, 0.4) is 0 Å². The molecule has 3 heterocycles. The first kappa shape index (κ1) is 15.3. The number of aliphatic hydroxyl groups excluding tert-OH is 1. The van der Waals surface area contributed by atoms with E-state index in [-0.39, 0.29) is 30.6 Å². The monoisotopic (exact) mass is 310 g/mol. The van der Waals surface area contributed by atoms with Gasteiger partial charge < -0.3 is 19.9 Å². The summed E-state index contributed by atoms with van der Waals surface area (Å²) in [6.07, 6.45) is 8.62. The predicted molar refractivity (Wildman–Crippen MR) is 83.6 cm³/mol. The van der Waals surface area contributed by atoms with Crippen LogP contribution in [0.2, 0.25) is 0 Å². The van der Waals surface area contributed by atoms with Crippen LogP contribution in [-0.2, 0) is 9.47 Å². The van der Waals surface area contributed by atoms with Crippen LogP contribution in [0.1, 0.15) is 44.9 Å². The predicted octanol–water partition coefficient (Wildman–Crippen LogP) is 1.11. The Morgan fingerprint density at radius 2 is 1.82 bits per heavy atom. The number of ether oxygens (including phenoxy) is 2. The van der Waals surface area contributed by atoms with Gasteiger partial charge in [-0.2, -0.15) is 0 Å². The maximum absolute atomic E-state index is 10.9. The van der Waals surface area contributed by atoms with Gasteiger partial charge in [-0.25, -0.2) is 0 Å². The first-order valence-electron chi connectivity index (χ1n) is 9.25. The Morgan fingerprint density at radius 1 is 1.05 bits per heavy atom. The molecule has 5 nitrogen and oxygen atoms in total. The smallest absolute Gasteiger partial charge is 0.176 e. The molecule has 1 aliphatic carbocycles. The van der Waals surface area contributed by atoms with Crippen LogP contribution in [0, 0.1) is 5.92 Å². The number of fused-ring (bicyclic) bond motifs is 2. The SMILES string of the molecule is OC1C(NCC2CCCCC2)C2COC(O2)C1N1CCCC1. The summed E-state index contributed by atoms with van der Waals surface area (Å²) in [6, 6.07) is 0.0244. The van der Waals surface area contributed by atoms with E-state index < -0.39 is 0 Å². The largest absolute Gasteiger partial charge is 0.390 e. The summed E-state index contributed by atoms with van der Waals surface area (Å²) in [4.78, 5) is 2.37. The van der Waals surface area contributed by atoms with Crippen LogP contribution >= 0.6 is 0 Å². The highest BCUT2D eigenvalue weighted by Crippen LogP contribution is 2.33. The van der Waals surface area contributed by atoms with Crippen LogP contribution in [0.25, 0.3) is 0 Å². The summed E-state index contributed by atoms with van der Waals surface area (Å²) >= 11 is 0. The van der Waals surface area contributed by atoms with Crippen molar-refractivity contribution in [3.63, 3.8) is 0 Å². The number of aliphatic hydroxyl groups is 1. The van der Waals surface area contributed by atoms with Crippen molar-refractivity contribution in [2.45, 2.75) is 75.5 Å². The van der Waals surface area contributed by atoms with Crippen molar-refractivity contribution in [1.29, 1.82) is 0 Å². The number of rotatable bonds is 4. The molecule has 1 saturated carbocycles. The normalized spacial score (nSPS) is 43.8. The number of nitrogens with zero attached hydrogens (tertiary/aromatic N) is 1. The van der Waals surface area contributed by atoms with Crippen molar-refractivity contribution in [3.05, 3.63) is 0 Å². The summed E-state index contributed by atoms with van der Waals surface area (Å²) in [5.74, 6) is 0.770. The molecule has 126 valence electrons. The molecule has 22 heavy (non-hydrogen) atoms. The highest BCUT2D eigenvalue weighted by Gasteiger charge is 2.52. The molecule has 0 aromatic carbocycles. The average Bonchev–Trinajstić information content (AvgIpc) is 3.20. The van der Waals surface area contributed by atoms with E-state index in [1.54, 1.807) is 0 Å². The van der Waals surface area contributed by atoms with Gasteiger partial charge in [0, 0.05) is 0 Å². The molecule has 0 aromatic rings. The van der Waals surface area contributed by atoms with Gasteiger partial charge in [0.2, 0.25) is 0 Å². The Balaban J connectivity index is 1.39. The van der Waals surface area contributed by atoms with Crippen LogP contribution in [0.5, 0.6) is 0 Å². The van der Waals surface area contributed by atoms with E-state index in [9.17, 15) is 5.11 Å². The third-order valence-corrected chi connectivity index (χ3v) is 6.06. The summed E-state index contributed by atoms with van der Waals surface area (Å²) in [5.41, 5.74) is 0. The quantitative estimate of drug-likeness (QED) is 0.814. The molecule has 2 N–H and O–H groups in total. The Kier molecular flexibility index (Phi) is 4.69. The minimum Gasteiger partial charge on any atom is -0.390 e. The zero-order valence-electron chi connectivity index (χ0n) is 13.5. The van der Waals surface area contributed by atoms with Gasteiger partial charge in [0.1, 0.15) is 6.10 Å². The van der Waals surface area contributed by atoms with Gasteiger partial charge in [0.05, 0.1) is 24.8 Å². The van der Waals surface area contributed by atoms with Crippen LogP contribution in [0.15, 0.2) is 0 Å². The second kappa shape index (κ2) is 6.73. The Hall–Kier alpha value is -0.200. The Morgan fingerprint density at radius 3 is 2.59 bits per heavy atom. The lowest BCUT2D eigenvalue weighted by atomic mass is 9.88. The van der Waals surface area contributed by atoms with Gasteiger partial charge in [0.15, 0.2) is 6.29 Å². The molecule has 4 rings (SSSR count). The molecule has 0 radical (unpaired) electrons. The third-order valence-electron chi connectivity index (χ3n) is 6.06. The summed E-state index contributed by atoms with van der Waals surface area (Å²) in [5, 5.41) is 14.6. The standard InChI is InChI=1S/C17H30N2O3/c20-16-14(18-10-12-6-2-1-3-7-12)13-11-21-17(22-13)15(16)19-8-4-5-9-19/h12-18,20H,1-11H2. The van der Waals surface area contributed by atoms with Crippen LogP contribution < -0.4 is 5.32 Å². The number of nitrogens with one attached hydrogen (secondary N) is 1. The van der Waals surface area contributed by atoms with Gasteiger partial charge in [0.25, 0.3) is 0 Å². The van der Waals surface area contributed by atoms with Crippen molar-refractivity contribution in [3.8, 4) is 0 Å². The van der Waals surface area contributed by atoms with E-state index in [0.29, 0.717) is 6.61 Å². The molecular weight excluding hydrogens is 280 g/mol. The Bertz CT molecular complexity index is 367. The molecule has 0 spiro atoms. The van der Waals surface area contributed by atoms with Crippen LogP contribution in [-0.4, -0.2) is 66.8 Å². The van der Waals surface area contributed by atoms with Crippen molar-refractivity contribution in [2.24, 2.45) is 5.92 Å². The maximum Gasteiger partial charge on any atom is 0.176 e. The lowest BCUT2D eigenvalue weighted by Crippen LogP contribution is -2.64. The fourth-order valence-corrected chi connectivity index (χ4v) is 4.78. The third kappa shape index (κ3) is 2.94. The minimum absolute atomic E-state index is 0.00473. The number of likely N-dealkylation sites (tertiary alicyclic amines) is 1. The molecule has 4 aliphatic rings. The lowest BCUT2D eigenvalue weighted by molar-refractivity contribution is -0.179. The van der Waals surface area contributed by atoms with E-state index in [2.05, 4.69) is 10.2 Å². The van der Waals surface area contributed by atoms with E-state index in [1.807, 2.05) is 0 Å². The molecule has 4 fully saturated rings. The van der Waals surface area contributed by atoms with E-state index in [1.165, 1.54) is 44.9 Å². The minimum atomic E-state index is -0.382. The highest BCUT2D eigenvalue weighted by molar-refractivity contribution is 5.02. The fraction of sp³-hybridized carbons (Fsp3) is 1.00. The number of hydrogen-bond donors (Lipinski definition) is 2. The van der Waals surface area contributed by atoms with Crippen molar-refractivity contribution >= 4 is 0 Å². The zero-order chi connectivity index (χ0) is 14.9. The first-order chi connectivity index (χ1) is 10.8. The summed E-state index contributed by atoms with van der Waals surface area (Å²) < 4.78 is 11.9. The molecule has 3 saturated heterocycles. The van der Waals surface area contributed by atoms with E-state index >= 15 is 0 Å². The molecule has 3 aliphatic heterocycles. The van der Waals surface area contributed by atoms with Gasteiger partial charge in [-0.05, 0) is 51.2 Å². The van der Waals surface area contributed by atoms with Crippen LogP contribution in [0.4, 0.5) is 0 Å². The summed E-state index contributed by atoms with van der Waals surface area (Å²) in [7, 11) is 0. The maximum atomic E-state index is 10.9. The first-order valence-corrected chi connectivity index (χ1v) is 9.25. The molecule has 0 amide bonds. The average molecular weight is 310 g/mol. The molecule has 5 heteroatoms. The van der Waals surface area contributed by atoms with E-state index in [0.717, 1.165) is 25.6 Å². The highest BCUT2D eigenvalue weighted by atomic mass is 16.7. The Labute approximate surface area is 133 Å². The fourth-order valence-electron chi connectivity index (χ4n) is 4.78. The van der Waals surface area contributed by atoms with Gasteiger partial charge in [-0.1, -0.05) is 19.3 Å². The van der Waals surface area contributed by atoms with Crippen molar-refractivity contribution < 1.29 is 14.6 Å². The van der Waals surface area contributed by atoms with Gasteiger partial charge in [-0.3, -0.25) is 4.90 Å². The lowest BCUT2D eigenvalue weighted by Gasteiger charge is -2.43. The molecule has 2 bridgehead atoms. The zero-order valence-corrected chi connectivity index (χ0v) is 13.5. The summed E-state index contributed by atoms with van der Waals surface area (Å²) in [6.45, 7) is 3.75. The van der Waals surface area contributed by atoms with Gasteiger partial charge >= 0.3 is 0 Å². The van der Waals surface area contributed by atoms with E-state index in [4.69, 9.17) is 9.47 Å². The molecule has 0 aromatic heterocycles. The molecular formula is C17H30N2O3. The van der Waals surface area contributed by atoms with Crippen molar-refractivity contribution in [2.75, 3.05) is 26.2 Å². The number of hydrogen-bond acceptors (Lipinski definition) is 5. The molecule has 5 atom stereocenters. The van der Waals surface area contributed by atoms with Crippen molar-refractivity contribution in [1.82, 2.24) is 10.2 Å². The van der Waals surface area contributed by atoms with Gasteiger partial charge in [-0.15, -0.1) is 0 Å². The topological polar surface area (TPSA) is 54.0 Å².